The standard InChI is InChI=1S/C16H17ClFNO/c1-20-16-7-4-13(17)9-12(16)10-15(19)8-11-2-5-14(18)6-3-11/h2-7,9,15H,8,10,19H2,1H3. The number of hydrogen-bond acceptors (Lipinski definition) is 2. The summed E-state index contributed by atoms with van der Waals surface area (Å²) in [5, 5.41) is 0.662. The highest BCUT2D eigenvalue weighted by atomic mass is 35.5. The molecule has 0 aliphatic rings. The van der Waals surface area contributed by atoms with E-state index in [1.165, 1.54) is 12.1 Å². The molecule has 0 spiro atoms. The molecular formula is C16H17ClFNO. The van der Waals surface area contributed by atoms with E-state index < -0.39 is 0 Å². The third kappa shape index (κ3) is 3.95. The zero-order valence-corrected chi connectivity index (χ0v) is 12.0. The Kier molecular flexibility index (Phi) is 4.99. The molecule has 2 N–H and O–H groups in total. The molecule has 0 radical (unpaired) electrons. The van der Waals surface area contributed by atoms with Crippen LogP contribution in [0.4, 0.5) is 4.39 Å². The Balaban J connectivity index is 2.05. The molecule has 2 aromatic rings. The van der Waals surface area contributed by atoms with E-state index in [2.05, 4.69) is 0 Å². The van der Waals surface area contributed by atoms with Gasteiger partial charge >= 0.3 is 0 Å². The lowest BCUT2D eigenvalue weighted by Gasteiger charge is -2.14. The van der Waals surface area contributed by atoms with Gasteiger partial charge < -0.3 is 10.5 Å². The number of ether oxygens (including phenoxy) is 1. The highest BCUT2D eigenvalue weighted by Gasteiger charge is 2.10. The molecule has 0 amide bonds. The lowest BCUT2D eigenvalue weighted by molar-refractivity contribution is 0.408. The SMILES string of the molecule is COc1ccc(Cl)cc1CC(N)Cc1ccc(F)cc1. The number of hydrogen-bond donors (Lipinski definition) is 1. The molecule has 106 valence electrons. The quantitative estimate of drug-likeness (QED) is 0.914. The van der Waals surface area contributed by atoms with Gasteiger partial charge in [0.05, 0.1) is 7.11 Å². The Hall–Kier alpha value is -1.58. The Labute approximate surface area is 123 Å². The minimum atomic E-state index is -0.237. The molecule has 4 heteroatoms. The maximum atomic E-state index is 12.9. The Morgan fingerprint density at radius 3 is 2.50 bits per heavy atom. The van der Waals surface area contributed by atoms with Crippen molar-refractivity contribution in [2.45, 2.75) is 18.9 Å². The topological polar surface area (TPSA) is 35.2 Å². The molecule has 0 aromatic heterocycles. The minimum absolute atomic E-state index is 0.0761. The van der Waals surface area contributed by atoms with E-state index in [-0.39, 0.29) is 11.9 Å². The van der Waals surface area contributed by atoms with E-state index >= 15 is 0 Å². The second-order valence-corrected chi connectivity index (χ2v) is 5.19. The van der Waals surface area contributed by atoms with Crippen LogP contribution in [0, 0.1) is 5.82 Å². The van der Waals surface area contributed by atoms with Crippen LogP contribution in [0.1, 0.15) is 11.1 Å². The van der Waals surface area contributed by atoms with Crippen molar-refractivity contribution in [3.05, 3.63) is 64.4 Å². The van der Waals surface area contributed by atoms with E-state index in [1.54, 1.807) is 25.3 Å². The van der Waals surface area contributed by atoms with Gasteiger partial charge in [0.15, 0.2) is 0 Å². The lowest BCUT2D eigenvalue weighted by Crippen LogP contribution is -2.25. The van der Waals surface area contributed by atoms with Crippen molar-refractivity contribution in [3.8, 4) is 5.75 Å². The third-order valence-corrected chi connectivity index (χ3v) is 3.37. The van der Waals surface area contributed by atoms with Crippen LogP contribution in [0.15, 0.2) is 42.5 Å². The average molecular weight is 294 g/mol. The summed E-state index contributed by atoms with van der Waals surface area (Å²) < 4.78 is 18.2. The number of halogens is 2. The highest BCUT2D eigenvalue weighted by Crippen LogP contribution is 2.24. The van der Waals surface area contributed by atoms with E-state index in [1.807, 2.05) is 12.1 Å². The van der Waals surface area contributed by atoms with Crippen LogP contribution in [0.25, 0.3) is 0 Å². The lowest BCUT2D eigenvalue weighted by atomic mass is 9.99. The number of benzene rings is 2. The van der Waals surface area contributed by atoms with Crippen LogP contribution in [0.5, 0.6) is 5.75 Å². The third-order valence-electron chi connectivity index (χ3n) is 3.14. The molecule has 2 nitrogen and oxygen atoms in total. The number of rotatable bonds is 5. The van der Waals surface area contributed by atoms with E-state index in [0.717, 1.165) is 16.9 Å². The van der Waals surface area contributed by atoms with Crippen LogP contribution in [-0.2, 0) is 12.8 Å². The molecule has 0 fully saturated rings. The smallest absolute Gasteiger partial charge is 0.123 e. The van der Waals surface area contributed by atoms with Crippen molar-refractivity contribution >= 4 is 11.6 Å². The monoisotopic (exact) mass is 293 g/mol. The fraction of sp³-hybridized carbons (Fsp3) is 0.250. The molecule has 0 saturated carbocycles. The molecule has 1 unspecified atom stereocenters. The fourth-order valence-corrected chi connectivity index (χ4v) is 2.38. The summed E-state index contributed by atoms with van der Waals surface area (Å²) in [6.07, 6.45) is 1.33. The molecular weight excluding hydrogens is 277 g/mol. The van der Waals surface area contributed by atoms with E-state index in [9.17, 15) is 4.39 Å². The zero-order chi connectivity index (χ0) is 14.5. The van der Waals surface area contributed by atoms with Gasteiger partial charge in [-0.3, -0.25) is 0 Å². The van der Waals surface area contributed by atoms with E-state index in [4.69, 9.17) is 22.1 Å². The number of methoxy groups -OCH3 is 1. The van der Waals surface area contributed by atoms with Crippen molar-refractivity contribution in [1.82, 2.24) is 0 Å². The summed E-state index contributed by atoms with van der Waals surface area (Å²) in [6.45, 7) is 0. The Morgan fingerprint density at radius 2 is 1.85 bits per heavy atom. The predicted molar refractivity (Wildman–Crippen MR) is 79.8 cm³/mol. The van der Waals surface area contributed by atoms with Gasteiger partial charge in [-0.2, -0.15) is 0 Å². The molecule has 1 atom stereocenters. The van der Waals surface area contributed by atoms with Crippen molar-refractivity contribution in [3.63, 3.8) is 0 Å². The Bertz CT molecular complexity index is 571. The van der Waals surface area contributed by atoms with Gasteiger partial charge in [-0.1, -0.05) is 23.7 Å². The second kappa shape index (κ2) is 6.73. The summed E-state index contributed by atoms with van der Waals surface area (Å²) in [4.78, 5) is 0. The van der Waals surface area contributed by atoms with Gasteiger partial charge in [0.2, 0.25) is 0 Å². The van der Waals surface area contributed by atoms with Crippen molar-refractivity contribution < 1.29 is 9.13 Å². The molecule has 20 heavy (non-hydrogen) atoms. The van der Waals surface area contributed by atoms with Gasteiger partial charge in [-0.05, 0) is 54.3 Å². The molecule has 2 rings (SSSR count). The van der Waals surface area contributed by atoms with Crippen LogP contribution >= 0.6 is 11.6 Å². The van der Waals surface area contributed by atoms with Gasteiger partial charge in [0.1, 0.15) is 11.6 Å². The van der Waals surface area contributed by atoms with Crippen LogP contribution in [-0.4, -0.2) is 13.2 Å². The average Bonchev–Trinajstić information content (AvgIpc) is 2.41. The zero-order valence-electron chi connectivity index (χ0n) is 11.3. The summed E-state index contributed by atoms with van der Waals surface area (Å²) in [6, 6.07) is 11.8. The summed E-state index contributed by atoms with van der Waals surface area (Å²) in [7, 11) is 1.62. The largest absolute Gasteiger partial charge is 0.496 e. The Morgan fingerprint density at radius 1 is 1.15 bits per heavy atom. The minimum Gasteiger partial charge on any atom is -0.496 e. The van der Waals surface area contributed by atoms with Crippen molar-refractivity contribution in [2.24, 2.45) is 5.73 Å². The normalized spacial score (nSPS) is 12.2. The molecule has 0 aliphatic heterocycles. The highest BCUT2D eigenvalue weighted by molar-refractivity contribution is 6.30. The first-order valence-electron chi connectivity index (χ1n) is 6.41. The van der Waals surface area contributed by atoms with Crippen LogP contribution in [0.2, 0.25) is 5.02 Å². The van der Waals surface area contributed by atoms with Gasteiger partial charge in [-0.15, -0.1) is 0 Å². The van der Waals surface area contributed by atoms with Crippen molar-refractivity contribution in [2.75, 3.05) is 7.11 Å². The molecule has 0 saturated heterocycles. The summed E-state index contributed by atoms with van der Waals surface area (Å²) in [5.74, 6) is 0.544. The molecule has 0 bridgehead atoms. The maximum Gasteiger partial charge on any atom is 0.123 e. The summed E-state index contributed by atoms with van der Waals surface area (Å²) >= 11 is 6.00. The van der Waals surface area contributed by atoms with Gasteiger partial charge in [0.25, 0.3) is 0 Å². The van der Waals surface area contributed by atoms with Gasteiger partial charge in [-0.25, -0.2) is 4.39 Å². The van der Waals surface area contributed by atoms with Gasteiger partial charge in [0, 0.05) is 11.1 Å². The first-order chi connectivity index (χ1) is 9.58. The molecule has 2 aromatic carbocycles. The fourth-order valence-electron chi connectivity index (χ4n) is 2.18. The number of nitrogens with two attached hydrogens (primary N) is 1. The van der Waals surface area contributed by atoms with Crippen molar-refractivity contribution in [1.29, 1.82) is 0 Å². The van der Waals surface area contributed by atoms with Crippen LogP contribution in [0.3, 0.4) is 0 Å². The first kappa shape index (κ1) is 14.8. The summed E-state index contributed by atoms with van der Waals surface area (Å²) in [5.41, 5.74) is 8.15. The molecule has 0 heterocycles. The molecule has 0 aliphatic carbocycles. The second-order valence-electron chi connectivity index (χ2n) is 4.75. The van der Waals surface area contributed by atoms with E-state index in [0.29, 0.717) is 17.9 Å². The predicted octanol–water partition coefficient (Wildman–Crippen LogP) is 3.60. The maximum absolute atomic E-state index is 12.9. The first-order valence-corrected chi connectivity index (χ1v) is 6.78. The van der Waals surface area contributed by atoms with Crippen LogP contribution < -0.4 is 10.5 Å².